The minimum atomic E-state index is -0.328. The highest BCUT2D eigenvalue weighted by atomic mass is 16.5. The van der Waals surface area contributed by atoms with Crippen molar-refractivity contribution in [3.05, 3.63) is 47.7 Å². The molecule has 1 aromatic heterocycles. The Balaban J connectivity index is 2.02. The Kier molecular flexibility index (Phi) is 7.71. The van der Waals surface area contributed by atoms with Gasteiger partial charge in [-0.2, -0.15) is 0 Å². The van der Waals surface area contributed by atoms with Crippen LogP contribution in [0.25, 0.3) is 11.1 Å². The summed E-state index contributed by atoms with van der Waals surface area (Å²) in [6.07, 6.45) is 1.53. The number of carbonyl (C=O) groups is 2. The number of hydrogen-bond acceptors (Lipinski definition) is 6. The quantitative estimate of drug-likeness (QED) is 0.721. The van der Waals surface area contributed by atoms with E-state index in [4.69, 9.17) is 4.74 Å². The lowest BCUT2D eigenvalue weighted by Crippen LogP contribution is -2.49. The molecule has 2 aromatic rings. The minimum Gasteiger partial charge on any atom is -0.472 e. The summed E-state index contributed by atoms with van der Waals surface area (Å²) in [5.41, 5.74) is 2.56. The molecule has 0 saturated carbocycles. The van der Waals surface area contributed by atoms with Crippen LogP contribution in [0, 0.1) is 5.92 Å². The number of ether oxygens (including phenoxy) is 1. The fraction of sp³-hybridized carbons (Fsp3) is 0.480. The fourth-order valence-electron chi connectivity index (χ4n) is 3.90. The predicted octanol–water partition coefficient (Wildman–Crippen LogP) is 2.23. The largest absolute Gasteiger partial charge is 0.472 e. The van der Waals surface area contributed by atoms with Gasteiger partial charge in [-0.15, -0.1) is 0 Å². The summed E-state index contributed by atoms with van der Waals surface area (Å²) in [5, 5.41) is 9.77. The Hall–Kier alpha value is -2.97. The van der Waals surface area contributed by atoms with Crippen molar-refractivity contribution in [2.75, 3.05) is 47.9 Å². The van der Waals surface area contributed by atoms with Gasteiger partial charge in [0, 0.05) is 50.4 Å². The number of benzene rings is 1. The molecule has 1 aliphatic heterocycles. The van der Waals surface area contributed by atoms with E-state index in [-0.39, 0.29) is 36.5 Å². The molecule has 1 aliphatic rings. The lowest BCUT2D eigenvalue weighted by atomic mass is 9.99. The molecule has 3 atom stereocenters. The van der Waals surface area contributed by atoms with E-state index in [9.17, 15) is 14.7 Å². The number of carbonyl (C=O) groups excluding carboxylic acids is 2. The molecule has 33 heavy (non-hydrogen) atoms. The van der Waals surface area contributed by atoms with Crippen LogP contribution >= 0.6 is 0 Å². The van der Waals surface area contributed by atoms with Gasteiger partial charge in [-0.05, 0) is 44.8 Å². The molecule has 0 aliphatic carbocycles. The third-order valence-electron chi connectivity index (χ3n) is 5.94. The summed E-state index contributed by atoms with van der Waals surface area (Å²) in [4.78, 5) is 35.5. The summed E-state index contributed by atoms with van der Waals surface area (Å²) < 4.78 is 6.25. The zero-order chi connectivity index (χ0) is 24.3. The van der Waals surface area contributed by atoms with E-state index in [0.717, 1.165) is 11.1 Å². The standard InChI is InChI=1S/C25H34N4O4/c1-16-13-29(17(2)15-30)25(32)21-11-20(12-26-23(21)33-22(16)14-27(3)4)18-7-9-19(10-8-18)24(31)28(5)6/h7-12,16-17,22,30H,13-15H2,1-6H3/t16-,17-,22-/m0/s1. The molecule has 0 spiro atoms. The van der Waals surface area contributed by atoms with Crippen molar-refractivity contribution in [1.29, 1.82) is 0 Å². The normalized spacial score (nSPS) is 19.4. The van der Waals surface area contributed by atoms with Crippen molar-refractivity contribution in [1.82, 2.24) is 19.7 Å². The van der Waals surface area contributed by atoms with Gasteiger partial charge in [0.05, 0.1) is 12.6 Å². The number of pyridine rings is 1. The Morgan fingerprint density at radius 1 is 1.21 bits per heavy atom. The lowest BCUT2D eigenvalue weighted by molar-refractivity contribution is 0.0348. The van der Waals surface area contributed by atoms with Crippen LogP contribution in [0.5, 0.6) is 5.88 Å². The van der Waals surface area contributed by atoms with Gasteiger partial charge < -0.3 is 24.5 Å². The third-order valence-corrected chi connectivity index (χ3v) is 5.94. The molecule has 1 aromatic carbocycles. The first-order valence-electron chi connectivity index (χ1n) is 11.2. The molecule has 8 heteroatoms. The third kappa shape index (κ3) is 5.51. The first-order valence-corrected chi connectivity index (χ1v) is 11.2. The number of aliphatic hydroxyl groups is 1. The van der Waals surface area contributed by atoms with Crippen LogP contribution in [0.3, 0.4) is 0 Å². The highest BCUT2D eigenvalue weighted by Gasteiger charge is 2.34. The Labute approximate surface area is 195 Å². The second kappa shape index (κ2) is 10.3. The van der Waals surface area contributed by atoms with Gasteiger partial charge in [0.2, 0.25) is 5.88 Å². The van der Waals surface area contributed by atoms with E-state index in [1.54, 1.807) is 43.4 Å². The van der Waals surface area contributed by atoms with Crippen molar-refractivity contribution in [2.24, 2.45) is 5.92 Å². The lowest BCUT2D eigenvalue weighted by Gasteiger charge is -2.37. The minimum absolute atomic E-state index is 0.0572. The van der Waals surface area contributed by atoms with Crippen molar-refractivity contribution in [3.63, 3.8) is 0 Å². The number of aliphatic hydroxyl groups excluding tert-OH is 1. The van der Waals surface area contributed by atoms with E-state index in [2.05, 4.69) is 16.8 Å². The topological polar surface area (TPSA) is 86.2 Å². The number of nitrogens with zero attached hydrogens (tertiary/aromatic N) is 4. The van der Waals surface area contributed by atoms with Crippen LogP contribution in [-0.4, -0.2) is 96.6 Å². The first kappa shape index (κ1) is 24.7. The molecule has 178 valence electrons. The maximum atomic E-state index is 13.5. The van der Waals surface area contributed by atoms with Crippen molar-refractivity contribution in [3.8, 4) is 17.0 Å². The number of hydrogen-bond donors (Lipinski definition) is 1. The highest BCUT2D eigenvalue weighted by molar-refractivity contribution is 5.98. The second-order valence-electron chi connectivity index (χ2n) is 9.24. The van der Waals surface area contributed by atoms with Gasteiger partial charge in [-0.25, -0.2) is 4.98 Å². The molecular formula is C25H34N4O4. The molecule has 3 rings (SSSR count). The Morgan fingerprint density at radius 2 is 1.88 bits per heavy atom. The Bertz CT molecular complexity index is 990. The smallest absolute Gasteiger partial charge is 0.259 e. The average Bonchev–Trinajstić information content (AvgIpc) is 2.79. The maximum absolute atomic E-state index is 13.5. The second-order valence-corrected chi connectivity index (χ2v) is 9.24. The van der Waals surface area contributed by atoms with E-state index in [1.165, 1.54) is 4.90 Å². The fourth-order valence-corrected chi connectivity index (χ4v) is 3.90. The Morgan fingerprint density at radius 3 is 2.45 bits per heavy atom. The van der Waals surface area contributed by atoms with Gasteiger partial charge in [-0.3, -0.25) is 9.59 Å². The first-order chi connectivity index (χ1) is 15.6. The monoisotopic (exact) mass is 454 g/mol. The van der Waals surface area contributed by atoms with Gasteiger partial charge in [0.25, 0.3) is 11.8 Å². The SMILES string of the molecule is C[C@H]1CN([C@@H](C)CO)C(=O)c2cc(-c3ccc(C(=O)N(C)C)cc3)cnc2O[C@H]1CN(C)C. The number of aromatic nitrogens is 1. The molecule has 0 fully saturated rings. The molecular weight excluding hydrogens is 420 g/mol. The molecule has 2 amide bonds. The van der Waals surface area contributed by atoms with Crippen LogP contribution in [-0.2, 0) is 0 Å². The van der Waals surface area contributed by atoms with Crippen molar-refractivity contribution in [2.45, 2.75) is 26.0 Å². The molecule has 0 saturated heterocycles. The van der Waals surface area contributed by atoms with Crippen molar-refractivity contribution >= 4 is 11.8 Å². The summed E-state index contributed by atoms with van der Waals surface area (Å²) in [6, 6.07) is 8.68. The van der Waals surface area contributed by atoms with Gasteiger partial charge in [0.1, 0.15) is 11.7 Å². The molecule has 2 heterocycles. The van der Waals surface area contributed by atoms with E-state index in [0.29, 0.717) is 30.1 Å². The predicted molar refractivity (Wildman–Crippen MR) is 127 cm³/mol. The van der Waals surface area contributed by atoms with Crippen LogP contribution in [0.2, 0.25) is 0 Å². The zero-order valence-corrected chi connectivity index (χ0v) is 20.3. The number of fused-ring (bicyclic) bond motifs is 1. The van der Waals surface area contributed by atoms with Crippen LogP contribution in [0.1, 0.15) is 34.6 Å². The number of rotatable bonds is 6. The van der Waals surface area contributed by atoms with Crippen molar-refractivity contribution < 1.29 is 19.4 Å². The maximum Gasteiger partial charge on any atom is 0.259 e. The summed E-state index contributed by atoms with van der Waals surface area (Å²) in [5.74, 6) is 0.0741. The molecule has 0 bridgehead atoms. The zero-order valence-electron chi connectivity index (χ0n) is 20.3. The molecule has 0 unspecified atom stereocenters. The average molecular weight is 455 g/mol. The molecule has 0 radical (unpaired) electrons. The van der Waals surface area contributed by atoms with E-state index in [1.807, 2.05) is 33.2 Å². The molecule has 1 N–H and O–H groups in total. The van der Waals surface area contributed by atoms with Gasteiger partial charge >= 0.3 is 0 Å². The van der Waals surface area contributed by atoms with Crippen LogP contribution < -0.4 is 4.74 Å². The van der Waals surface area contributed by atoms with E-state index < -0.39 is 0 Å². The summed E-state index contributed by atoms with van der Waals surface area (Å²) >= 11 is 0. The number of likely N-dealkylation sites (N-methyl/N-ethyl adjacent to an activating group) is 1. The van der Waals surface area contributed by atoms with Gasteiger partial charge in [0.15, 0.2) is 0 Å². The summed E-state index contributed by atoms with van der Waals surface area (Å²) in [7, 11) is 7.39. The number of amides is 2. The van der Waals surface area contributed by atoms with Crippen LogP contribution in [0.15, 0.2) is 36.5 Å². The molecule has 8 nitrogen and oxygen atoms in total. The highest BCUT2D eigenvalue weighted by Crippen LogP contribution is 2.30. The summed E-state index contributed by atoms with van der Waals surface area (Å²) in [6.45, 7) is 4.92. The van der Waals surface area contributed by atoms with Gasteiger partial charge in [-0.1, -0.05) is 19.1 Å². The van der Waals surface area contributed by atoms with Crippen LogP contribution in [0.4, 0.5) is 0 Å². The van der Waals surface area contributed by atoms with E-state index >= 15 is 0 Å².